The van der Waals surface area contributed by atoms with Crippen LogP contribution in [0.2, 0.25) is 5.02 Å². The summed E-state index contributed by atoms with van der Waals surface area (Å²) in [7, 11) is 0. The number of aryl methyl sites for hydroxylation is 1. The van der Waals surface area contributed by atoms with Crippen molar-refractivity contribution in [1.29, 1.82) is 0 Å². The number of benzene rings is 1. The molecule has 1 aromatic carbocycles. The molecule has 4 heteroatoms. The summed E-state index contributed by atoms with van der Waals surface area (Å²) in [5.74, 6) is 0.0573. The quantitative estimate of drug-likeness (QED) is 0.601. The Bertz CT molecular complexity index is 352. The average Bonchev–Trinajstić information content (AvgIpc) is 2.19. The number of ketones is 1. The van der Waals surface area contributed by atoms with Crippen molar-refractivity contribution in [3.8, 4) is 0 Å². The van der Waals surface area contributed by atoms with Crippen molar-refractivity contribution in [1.82, 2.24) is 0 Å². The molecule has 0 heterocycles. The average molecular weight is 340 g/mol. The van der Waals surface area contributed by atoms with Gasteiger partial charge in [-0.1, -0.05) is 49.5 Å². The van der Waals surface area contributed by atoms with Gasteiger partial charge >= 0.3 is 0 Å². The molecule has 1 atom stereocenters. The molecular formula is C10H9Br2ClO. The third-order valence-corrected chi connectivity index (χ3v) is 4.38. The lowest BCUT2D eigenvalue weighted by Gasteiger charge is -2.08. The van der Waals surface area contributed by atoms with Crippen LogP contribution in [0.4, 0.5) is 0 Å². The second-order valence-electron chi connectivity index (χ2n) is 2.95. The van der Waals surface area contributed by atoms with Gasteiger partial charge in [0.2, 0.25) is 0 Å². The van der Waals surface area contributed by atoms with Crippen molar-refractivity contribution in [2.24, 2.45) is 0 Å². The van der Waals surface area contributed by atoms with Crippen LogP contribution in [-0.2, 0) is 0 Å². The van der Waals surface area contributed by atoms with Crippen molar-refractivity contribution in [2.75, 3.05) is 5.33 Å². The Kier molecular flexibility index (Phi) is 4.61. The van der Waals surface area contributed by atoms with Crippen LogP contribution in [0.3, 0.4) is 0 Å². The van der Waals surface area contributed by atoms with E-state index in [9.17, 15) is 4.79 Å². The maximum absolute atomic E-state index is 11.8. The number of hydrogen-bond donors (Lipinski definition) is 0. The Hall–Kier alpha value is 0.140. The minimum atomic E-state index is -0.195. The van der Waals surface area contributed by atoms with Gasteiger partial charge < -0.3 is 0 Å². The predicted molar refractivity (Wildman–Crippen MR) is 67.0 cm³/mol. The highest BCUT2D eigenvalue weighted by molar-refractivity contribution is 9.12. The minimum absolute atomic E-state index is 0.0573. The number of hydrogen-bond acceptors (Lipinski definition) is 1. The number of carbonyl (C=O) groups is 1. The van der Waals surface area contributed by atoms with Crippen LogP contribution >= 0.6 is 43.5 Å². The molecule has 1 aromatic rings. The number of alkyl halides is 2. The first kappa shape index (κ1) is 12.2. The van der Waals surface area contributed by atoms with Gasteiger partial charge in [-0.3, -0.25) is 4.79 Å². The second-order valence-corrected chi connectivity index (χ2v) is 5.13. The Balaban J connectivity index is 3.06. The molecule has 0 radical (unpaired) electrons. The molecule has 1 nitrogen and oxygen atoms in total. The fraction of sp³-hybridized carbons (Fsp3) is 0.300. The van der Waals surface area contributed by atoms with Crippen LogP contribution in [0, 0.1) is 6.92 Å². The molecule has 0 aromatic heterocycles. The molecule has 1 unspecified atom stereocenters. The molecule has 76 valence electrons. The van der Waals surface area contributed by atoms with E-state index in [1.807, 2.05) is 13.0 Å². The Morgan fingerprint density at radius 2 is 2.21 bits per heavy atom. The van der Waals surface area contributed by atoms with Crippen LogP contribution in [0.15, 0.2) is 18.2 Å². The maximum atomic E-state index is 11.8. The summed E-state index contributed by atoms with van der Waals surface area (Å²) in [5, 5.41) is 1.19. The van der Waals surface area contributed by atoms with Gasteiger partial charge in [-0.05, 0) is 24.6 Å². The first-order valence-corrected chi connectivity index (χ1v) is 6.48. The zero-order valence-corrected chi connectivity index (χ0v) is 11.5. The molecular weight excluding hydrogens is 331 g/mol. The standard InChI is InChI=1S/C10H9Br2ClO/c1-6-2-3-7(13)4-8(6)10(14)9(12)5-11/h2-4,9H,5H2,1H3. The largest absolute Gasteiger partial charge is 0.293 e. The highest BCUT2D eigenvalue weighted by atomic mass is 79.9. The van der Waals surface area contributed by atoms with Crippen molar-refractivity contribution in [3.05, 3.63) is 34.3 Å². The summed E-state index contributed by atoms with van der Waals surface area (Å²) in [6.45, 7) is 1.90. The fourth-order valence-electron chi connectivity index (χ4n) is 1.10. The lowest BCUT2D eigenvalue weighted by molar-refractivity contribution is 0.0997. The van der Waals surface area contributed by atoms with Crippen molar-refractivity contribution in [2.45, 2.75) is 11.8 Å². The van der Waals surface area contributed by atoms with E-state index in [1.54, 1.807) is 12.1 Å². The Morgan fingerprint density at radius 3 is 2.79 bits per heavy atom. The summed E-state index contributed by atoms with van der Waals surface area (Å²) in [4.78, 5) is 11.6. The topological polar surface area (TPSA) is 17.1 Å². The summed E-state index contributed by atoms with van der Waals surface area (Å²) < 4.78 is 0. The predicted octanol–water partition coefficient (Wildman–Crippen LogP) is 3.99. The fourth-order valence-corrected chi connectivity index (χ4v) is 1.81. The van der Waals surface area contributed by atoms with Crippen LogP contribution in [0.1, 0.15) is 15.9 Å². The van der Waals surface area contributed by atoms with Gasteiger partial charge in [0, 0.05) is 15.9 Å². The molecule has 0 aliphatic carbocycles. The minimum Gasteiger partial charge on any atom is -0.293 e. The maximum Gasteiger partial charge on any atom is 0.177 e. The zero-order chi connectivity index (χ0) is 10.7. The first-order valence-electron chi connectivity index (χ1n) is 4.06. The summed E-state index contributed by atoms with van der Waals surface area (Å²) in [6.07, 6.45) is 0. The van der Waals surface area contributed by atoms with Crippen LogP contribution in [0.5, 0.6) is 0 Å². The lowest BCUT2D eigenvalue weighted by Crippen LogP contribution is -2.16. The van der Waals surface area contributed by atoms with Gasteiger partial charge in [-0.15, -0.1) is 0 Å². The van der Waals surface area contributed by atoms with E-state index in [0.717, 1.165) is 5.56 Å². The molecule has 14 heavy (non-hydrogen) atoms. The van der Waals surface area contributed by atoms with Crippen molar-refractivity contribution >= 4 is 49.2 Å². The highest BCUT2D eigenvalue weighted by Crippen LogP contribution is 2.20. The van der Waals surface area contributed by atoms with Crippen LogP contribution in [-0.4, -0.2) is 15.9 Å². The molecule has 0 saturated heterocycles. The molecule has 0 bridgehead atoms. The van der Waals surface area contributed by atoms with E-state index in [0.29, 0.717) is 15.9 Å². The van der Waals surface area contributed by atoms with Gasteiger partial charge in [-0.25, -0.2) is 0 Å². The molecule has 0 N–H and O–H groups in total. The van der Waals surface area contributed by atoms with Crippen LogP contribution in [0.25, 0.3) is 0 Å². The van der Waals surface area contributed by atoms with Gasteiger partial charge in [0.05, 0.1) is 4.83 Å². The number of halogens is 3. The van der Waals surface area contributed by atoms with E-state index in [2.05, 4.69) is 31.9 Å². The van der Waals surface area contributed by atoms with Crippen molar-refractivity contribution in [3.63, 3.8) is 0 Å². The SMILES string of the molecule is Cc1ccc(Cl)cc1C(=O)C(Br)CBr. The Morgan fingerprint density at radius 1 is 1.57 bits per heavy atom. The number of Topliss-reactive ketones (excluding diaryl/α,β-unsaturated/α-hetero) is 1. The monoisotopic (exact) mass is 338 g/mol. The van der Waals surface area contributed by atoms with Gasteiger partial charge in [0.25, 0.3) is 0 Å². The third kappa shape index (κ3) is 2.81. The Labute approximate surface area is 105 Å². The lowest BCUT2D eigenvalue weighted by atomic mass is 10.0. The van der Waals surface area contributed by atoms with E-state index in [-0.39, 0.29) is 10.6 Å². The zero-order valence-electron chi connectivity index (χ0n) is 7.56. The van der Waals surface area contributed by atoms with E-state index >= 15 is 0 Å². The summed E-state index contributed by atoms with van der Waals surface area (Å²) in [6, 6.07) is 5.34. The second kappa shape index (κ2) is 5.29. The van der Waals surface area contributed by atoms with Gasteiger partial charge in [-0.2, -0.15) is 0 Å². The third-order valence-electron chi connectivity index (χ3n) is 1.89. The van der Waals surface area contributed by atoms with Crippen molar-refractivity contribution < 1.29 is 4.79 Å². The smallest absolute Gasteiger partial charge is 0.177 e. The summed E-state index contributed by atoms with van der Waals surface area (Å²) >= 11 is 12.4. The van der Waals surface area contributed by atoms with Gasteiger partial charge in [0.1, 0.15) is 0 Å². The number of rotatable bonds is 3. The molecule has 1 rings (SSSR count). The molecule has 0 aliphatic heterocycles. The normalized spacial score (nSPS) is 12.6. The van der Waals surface area contributed by atoms with Gasteiger partial charge in [0.15, 0.2) is 5.78 Å². The molecule has 0 aliphatic rings. The van der Waals surface area contributed by atoms with E-state index in [1.165, 1.54) is 0 Å². The van der Waals surface area contributed by atoms with E-state index in [4.69, 9.17) is 11.6 Å². The summed E-state index contributed by atoms with van der Waals surface area (Å²) in [5.41, 5.74) is 1.63. The first-order chi connectivity index (χ1) is 6.56. The van der Waals surface area contributed by atoms with E-state index < -0.39 is 0 Å². The van der Waals surface area contributed by atoms with Crippen LogP contribution < -0.4 is 0 Å². The number of carbonyl (C=O) groups excluding carboxylic acids is 1. The molecule has 0 fully saturated rings. The highest BCUT2D eigenvalue weighted by Gasteiger charge is 2.17. The molecule has 0 saturated carbocycles. The molecule has 0 spiro atoms. The molecule has 0 amide bonds.